The maximum Gasteiger partial charge on any atom is 0.262 e. The van der Waals surface area contributed by atoms with Crippen LogP contribution in [0.4, 0.5) is 0 Å². The van der Waals surface area contributed by atoms with Gasteiger partial charge in [0.25, 0.3) is 5.91 Å². The standard InChI is InChI=1S/C16H18N2O4S/c1-10-5-12(6-11(2)15(10)19)7-13(8-17)16(20)18-14-3-4-23(21,22)9-14/h5-7,14,19H,3-4,9H2,1-2H3,(H,18,20)/b13-7+. The normalized spacial score (nSPS) is 20.0. The molecule has 0 bridgehead atoms. The highest BCUT2D eigenvalue weighted by Crippen LogP contribution is 2.24. The SMILES string of the molecule is Cc1cc(/C=C(\C#N)C(=O)NC2CCS(=O)(=O)C2)cc(C)c1O. The van der Waals surface area contributed by atoms with Crippen LogP contribution in [0.25, 0.3) is 6.08 Å². The van der Waals surface area contributed by atoms with Crippen molar-refractivity contribution in [3.63, 3.8) is 0 Å². The molecule has 0 spiro atoms. The molecule has 1 unspecified atom stereocenters. The van der Waals surface area contributed by atoms with E-state index in [1.807, 2.05) is 6.07 Å². The van der Waals surface area contributed by atoms with Gasteiger partial charge in [-0.15, -0.1) is 0 Å². The maximum absolute atomic E-state index is 12.1. The molecule has 2 N–H and O–H groups in total. The van der Waals surface area contributed by atoms with E-state index < -0.39 is 21.8 Å². The number of benzene rings is 1. The number of hydrogen-bond acceptors (Lipinski definition) is 5. The number of aryl methyl sites for hydroxylation is 2. The molecule has 1 aliphatic rings. The van der Waals surface area contributed by atoms with Crippen molar-refractivity contribution in [2.24, 2.45) is 0 Å². The van der Waals surface area contributed by atoms with Crippen LogP contribution >= 0.6 is 0 Å². The molecule has 1 aromatic rings. The molecular formula is C16H18N2O4S. The number of hydrogen-bond donors (Lipinski definition) is 2. The lowest BCUT2D eigenvalue weighted by Crippen LogP contribution is -2.36. The van der Waals surface area contributed by atoms with E-state index in [4.69, 9.17) is 0 Å². The summed E-state index contributed by atoms with van der Waals surface area (Å²) in [5.41, 5.74) is 1.83. The number of sulfone groups is 1. The molecule has 23 heavy (non-hydrogen) atoms. The van der Waals surface area contributed by atoms with Gasteiger partial charge in [-0.3, -0.25) is 4.79 Å². The molecule has 1 atom stereocenters. The first-order chi connectivity index (χ1) is 10.7. The van der Waals surface area contributed by atoms with Crippen LogP contribution in [0, 0.1) is 25.2 Å². The van der Waals surface area contributed by atoms with Crippen molar-refractivity contribution >= 4 is 21.8 Å². The van der Waals surface area contributed by atoms with E-state index in [9.17, 15) is 23.6 Å². The van der Waals surface area contributed by atoms with E-state index in [-0.39, 0.29) is 22.8 Å². The van der Waals surface area contributed by atoms with Crippen molar-refractivity contribution in [3.05, 3.63) is 34.4 Å². The van der Waals surface area contributed by atoms with E-state index in [1.54, 1.807) is 26.0 Å². The number of carbonyl (C=O) groups excluding carboxylic acids is 1. The third kappa shape index (κ3) is 4.11. The molecule has 1 amide bonds. The van der Waals surface area contributed by atoms with Crippen molar-refractivity contribution in [1.29, 1.82) is 5.26 Å². The van der Waals surface area contributed by atoms with E-state index in [2.05, 4.69) is 5.32 Å². The minimum absolute atomic E-state index is 0.0555. The van der Waals surface area contributed by atoms with Crippen LogP contribution in [0.15, 0.2) is 17.7 Å². The summed E-state index contributed by atoms with van der Waals surface area (Å²) in [5, 5.41) is 21.5. The molecule has 1 heterocycles. The number of rotatable bonds is 3. The Morgan fingerprint density at radius 3 is 2.48 bits per heavy atom. The Bertz CT molecular complexity index is 796. The summed E-state index contributed by atoms with van der Waals surface area (Å²) < 4.78 is 22.8. The van der Waals surface area contributed by atoms with E-state index in [0.29, 0.717) is 23.1 Å². The van der Waals surface area contributed by atoms with Crippen LogP contribution in [0.2, 0.25) is 0 Å². The minimum atomic E-state index is -3.09. The van der Waals surface area contributed by atoms with Crippen LogP contribution in [-0.4, -0.2) is 37.0 Å². The number of carbonyl (C=O) groups is 1. The molecule has 2 rings (SSSR count). The summed E-state index contributed by atoms with van der Waals surface area (Å²) in [6.07, 6.45) is 1.79. The van der Waals surface area contributed by atoms with Gasteiger partial charge in [0, 0.05) is 6.04 Å². The monoisotopic (exact) mass is 334 g/mol. The van der Waals surface area contributed by atoms with Crippen molar-refractivity contribution in [2.45, 2.75) is 26.3 Å². The number of amides is 1. The molecule has 6 nitrogen and oxygen atoms in total. The minimum Gasteiger partial charge on any atom is -0.507 e. The third-order valence-corrected chi connectivity index (χ3v) is 5.53. The number of aromatic hydroxyl groups is 1. The first kappa shape index (κ1) is 17.0. The molecule has 0 aromatic heterocycles. The summed E-state index contributed by atoms with van der Waals surface area (Å²) in [7, 11) is -3.09. The van der Waals surface area contributed by atoms with Gasteiger partial charge in [-0.25, -0.2) is 8.42 Å². The average molecular weight is 334 g/mol. The number of nitrogens with zero attached hydrogens (tertiary/aromatic N) is 1. The highest BCUT2D eigenvalue weighted by Gasteiger charge is 2.29. The van der Waals surface area contributed by atoms with Gasteiger partial charge in [-0.1, -0.05) is 0 Å². The molecule has 0 radical (unpaired) electrons. The van der Waals surface area contributed by atoms with Gasteiger partial charge in [0.05, 0.1) is 11.5 Å². The zero-order valence-corrected chi connectivity index (χ0v) is 13.8. The summed E-state index contributed by atoms with van der Waals surface area (Å²) in [6.45, 7) is 3.46. The molecule has 0 aliphatic carbocycles. The van der Waals surface area contributed by atoms with Gasteiger partial charge in [0.15, 0.2) is 9.84 Å². The largest absolute Gasteiger partial charge is 0.507 e. The molecule has 1 fully saturated rings. The second-order valence-corrected chi connectivity index (χ2v) is 7.98. The summed E-state index contributed by atoms with van der Waals surface area (Å²) >= 11 is 0. The van der Waals surface area contributed by atoms with E-state index in [1.165, 1.54) is 6.08 Å². The van der Waals surface area contributed by atoms with Crippen molar-refractivity contribution in [3.8, 4) is 11.8 Å². The average Bonchev–Trinajstić information content (AvgIpc) is 2.80. The smallest absolute Gasteiger partial charge is 0.262 e. The zero-order chi connectivity index (χ0) is 17.2. The molecule has 0 saturated carbocycles. The van der Waals surface area contributed by atoms with Crippen LogP contribution in [0.3, 0.4) is 0 Å². The van der Waals surface area contributed by atoms with Crippen molar-refractivity contribution in [2.75, 3.05) is 11.5 Å². The molecule has 1 saturated heterocycles. The van der Waals surface area contributed by atoms with Crippen molar-refractivity contribution < 1.29 is 18.3 Å². The predicted octanol–water partition coefficient (Wildman–Crippen LogP) is 1.22. The van der Waals surface area contributed by atoms with Crippen LogP contribution < -0.4 is 5.32 Å². The van der Waals surface area contributed by atoms with E-state index >= 15 is 0 Å². The van der Waals surface area contributed by atoms with Crippen LogP contribution in [-0.2, 0) is 14.6 Å². The molecule has 7 heteroatoms. The van der Waals surface area contributed by atoms with E-state index in [0.717, 1.165) is 0 Å². The second kappa shape index (κ2) is 6.42. The van der Waals surface area contributed by atoms with Crippen LogP contribution in [0.1, 0.15) is 23.1 Å². The molecular weight excluding hydrogens is 316 g/mol. The maximum atomic E-state index is 12.1. The van der Waals surface area contributed by atoms with Crippen molar-refractivity contribution in [1.82, 2.24) is 5.32 Å². The van der Waals surface area contributed by atoms with Gasteiger partial charge in [0.2, 0.25) is 0 Å². The quantitative estimate of drug-likeness (QED) is 0.638. The Labute approximate surface area is 135 Å². The lowest BCUT2D eigenvalue weighted by Gasteiger charge is -2.10. The molecule has 122 valence electrons. The number of phenolic OH excluding ortho intramolecular Hbond substituents is 1. The Kier molecular flexibility index (Phi) is 4.76. The topological polar surface area (TPSA) is 107 Å². The summed E-state index contributed by atoms with van der Waals surface area (Å²) in [4.78, 5) is 12.1. The Morgan fingerprint density at radius 2 is 2.00 bits per heavy atom. The first-order valence-corrected chi connectivity index (χ1v) is 8.97. The van der Waals surface area contributed by atoms with Gasteiger partial charge in [-0.2, -0.15) is 5.26 Å². The highest BCUT2D eigenvalue weighted by molar-refractivity contribution is 7.91. The second-order valence-electron chi connectivity index (χ2n) is 5.75. The van der Waals surface area contributed by atoms with Gasteiger partial charge < -0.3 is 10.4 Å². The Balaban J connectivity index is 2.19. The summed E-state index contributed by atoms with van der Waals surface area (Å²) in [5.74, 6) is -0.436. The lowest BCUT2D eigenvalue weighted by atomic mass is 10.0. The fourth-order valence-corrected chi connectivity index (χ4v) is 4.23. The number of nitrogens with one attached hydrogen (secondary N) is 1. The fraction of sp³-hybridized carbons (Fsp3) is 0.375. The molecule has 1 aromatic carbocycles. The first-order valence-electron chi connectivity index (χ1n) is 7.15. The van der Waals surface area contributed by atoms with Crippen LogP contribution in [0.5, 0.6) is 5.75 Å². The Hall–Kier alpha value is -2.33. The third-order valence-electron chi connectivity index (χ3n) is 3.76. The number of phenols is 1. The number of nitriles is 1. The predicted molar refractivity (Wildman–Crippen MR) is 86.4 cm³/mol. The van der Waals surface area contributed by atoms with Gasteiger partial charge in [0.1, 0.15) is 17.4 Å². The fourth-order valence-electron chi connectivity index (χ4n) is 2.56. The lowest BCUT2D eigenvalue weighted by molar-refractivity contribution is -0.117. The zero-order valence-electron chi connectivity index (χ0n) is 13.0. The summed E-state index contributed by atoms with van der Waals surface area (Å²) in [6, 6.07) is 4.73. The van der Waals surface area contributed by atoms with Gasteiger partial charge >= 0.3 is 0 Å². The van der Waals surface area contributed by atoms with Gasteiger partial charge in [-0.05, 0) is 55.2 Å². The highest BCUT2D eigenvalue weighted by atomic mass is 32.2. The Morgan fingerprint density at radius 1 is 1.39 bits per heavy atom. The molecule has 1 aliphatic heterocycles.